The van der Waals surface area contributed by atoms with E-state index in [1.807, 2.05) is 0 Å². The van der Waals surface area contributed by atoms with Crippen LogP contribution in [0.5, 0.6) is 0 Å². The van der Waals surface area contributed by atoms with Crippen molar-refractivity contribution in [1.29, 1.82) is 0 Å². The lowest BCUT2D eigenvalue weighted by Crippen LogP contribution is -2.31. The molecule has 1 aromatic heterocycles. The van der Waals surface area contributed by atoms with Crippen LogP contribution in [0.4, 0.5) is 29.1 Å². The van der Waals surface area contributed by atoms with Gasteiger partial charge >= 0.3 is 0 Å². The average Bonchev–Trinajstić information content (AvgIpc) is 2.71. The predicted molar refractivity (Wildman–Crippen MR) is 106 cm³/mol. The van der Waals surface area contributed by atoms with Gasteiger partial charge in [-0.25, -0.2) is 22.7 Å². The zero-order chi connectivity index (χ0) is 21.0. The minimum absolute atomic E-state index is 0.118. The fraction of sp³-hybridized carbons (Fsp3) is 0.167. The number of rotatable bonds is 6. The molecule has 11 heteroatoms. The fourth-order valence-corrected chi connectivity index (χ4v) is 2.79. The highest BCUT2D eigenvalue weighted by molar-refractivity contribution is 7.80. The molecular formula is C18H15F4N5OS. The second-order valence-electron chi connectivity index (χ2n) is 5.95. The van der Waals surface area contributed by atoms with Crippen molar-refractivity contribution in [2.45, 2.75) is 6.42 Å². The molecule has 3 aromatic rings. The van der Waals surface area contributed by atoms with Crippen LogP contribution in [-0.4, -0.2) is 28.4 Å². The van der Waals surface area contributed by atoms with Crippen molar-refractivity contribution in [2.75, 3.05) is 23.7 Å². The van der Waals surface area contributed by atoms with E-state index in [-0.39, 0.29) is 16.7 Å². The lowest BCUT2D eigenvalue weighted by molar-refractivity contribution is 0.459. The van der Waals surface area contributed by atoms with Gasteiger partial charge in [-0.3, -0.25) is 4.79 Å². The molecule has 6 nitrogen and oxygen atoms in total. The second kappa shape index (κ2) is 8.86. The Labute approximate surface area is 167 Å². The number of aromatic nitrogens is 2. The molecule has 0 fully saturated rings. The summed E-state index contributed by atoms with van der Waals surface area (Å²) in [6, 6.07) is 7.09. The van der Waals surface area contributed by atoms with Crippen LogP contribution in [0.3, 0.4) is 0 Å². The van der Waals surface area contributed by atoms with E-state index in [9.17, 15) is 22.4 Å². The number of anilines is 2. The van der Waals surface area contributed by atoms with Gasteiger partial charge in [0, 0.05) is 24.5 Å². The Morgan fingerprint density at radius 1 is 1.03 bits per heavy atom. The van der Waals surface area contributed by atoms with Crippen LogP contribution in [0.25, 0.3) is 10.8 Å². The molecule has 1 heterocycles. The third-order valence-corrected chi connectivity index (χ3v) is 4.22. The Bertz CT molecular complexity index is 1100. The van der Waals surface area contributed by atoms with Crippen molar-refractivity contribution in [3.8, 4) is 0 Å². The summed E-state index contributed by atoms with van der Waals surface area (Å²) in [6.07, 6.45) is 0.513. The topological polar surface area (TPSA) is 81.8 Å². The number of nitrogens with zero attached hydrogens (tertiary/aromatic N) is 1. The first-order valence-corrected chi connectivity index (χ1v) is 8.88. The molecule has 0 unspecified atom stereocenters. The summed E-state index contributed by atoms with van der Waals surface area (Å²) in [6.45, 7) is 0.733. The highest BCUT2D eigenvalue weighted by Gasteiger charge is 2.19. The summed E-state index contributed by atoms with van der Waals surface area (Å²) < 4.78 is 53.6. The minimum Gasteiger partial charge on any atom is -0.368 e. The fourth-order valence-electron chi connectivity index (χ4n) is 2.59. The Morgan fingerprint density at radius 3 is 2.38 bits per heavy atom. The monoisotopic (exact) mass is 425 g/mol. The van der Waals surface area contributed by atoms with E-state index in [2.05, 4.69) is 26.1 Å². The predicted octanol–water partition coefficient (Wildman–Crippen LogP) is 3.27. The van der Waals surface area contributed by atoms with Gasteiger partial charge in [0.1, 0.15) is 5.69 Å². The number of aromatic amines is 1. The molecule has 0 aliphatic heterocycles. The summed E-state index contributed by atoms with van der Waals surface area (Å²) in [5.41, 5.74) is -1.29. The average molecular weight is 425 g/mol. The van der Waals surface area contributed by atoms with E-state index in [4.69, 9.17) is 12.2 Å². The molecule has 0 aliphatic carbocycles. The minimum atomic E-state index is -1.56. The number of fused-ring (bicyclic) bond motifs is 1. The zero-order valence-corrected chi connectivity index (χ0v) is 15.6. The highest BCUT2D eigenvalue weighted by atomic mass is 32.1. The Morgan fingerprint density at radius 2 is 1.69 bits per heavy atom. The smallest absolute Gasteiger partial charge is 0.272 e. The molecule has 0 bridgehead atoms. The number of nitrogens with one attached hydrogen (secondary N) is 4. The van der Waals surface area contributed by atoms with Crippen molar-refractivity contribution in [3.05, 3.63) is 64.0 Å². The van der Waals surface area contributed by atoms with Crippen LogP contribution in [0, 0.1) is 23.3 Å². The van der Waals surface area contributed by atoms with E-state index in [1.165, 1.54) is 0 Å². The van der Waals surface area contributed by atoms with Crippen molar-refractivity contribution in [2.24, 2.45) is 0 Å². The van der Waals surface area contributed by atoms with Crippen molar-refractivity contribution >= 4 is 39.6 Å². The first-order chi connectivity index (χ1) is 13.9. The molecule has 4 N–H and O–H groups in total. The summed E-state index contributed by atoms with van der Waals surface area (Å²) >= 11 is 4.89. The number of halogens is 4. The first kappa shape index (κ1) is 20.5. The molecule has 0 spiro atoms. The van der Waals surface area contributed by atoms with Crippen molar-refractivity contribution < 1.29 is 17.6 Å². The quantitative estimate of drug-likeness (QED) is 0.210. The maximum Gasteiger partial charge on any atom is 0.272 e. The SMILES string of the molecule is O=c1[nH]nc(NCCCNC(=S)Nc2c(F)c(F)cc(F)c2F)c2ccccc12. The third-order valence-electron chi connectivity index (χ3n) is 3.98. The van der Waals surface area contributed by atoms with Crippen LogP contribution in [-0.2, 0) is 0 Å². The Balaban J connectivity index is 1.51. The molecule has 0 amide bonds. The number of hydrogen-bond acceptors (Lipinski definition) is 4. The molecule has 0 radical (unpaired) electrons. The summed E-state index contributed by atoms with van der Waals surface area (Å²) in [5.74, 6) is -5.69. The van der Waals surface area contributed by atoms with Gasteiger partial charge in [-0.15, -0.1) is 0 Å². The van der Waals surface area contributed by atoms with Crippen molar-refractivity contribution in [1.82, 2.24) is 15.5 Å². The molecule has 152 valence electrons. The van der Waals surface area contributed by atoms with Crippen LogP contribution >= 0.6 is 12.2 Å². The van der Waals surface area contributed by atoms with Gasteiger partial charge < -0.3 is 16.0 Å². The van der Waals surface area contributed by atoms with Gasteiger partial charge in [0.25, 0.3) is 5.56 Å². The maximum absolute atomic E-state index is 13.6. The van der Waals surface area contributed by atoms with E-state index in [0.717, 1.165) is 0 Å². The third kappa shape index (κ3) is 4.62. The highest BCUT2D eigenvalue weighted by Crippen LogP contribution is 2.24. The standard InChI is InChI=1S/C18H15F4N5OS/c19-11-8-12(20)14(22)15(13(11)21)25-18(29)24-7-3-6-23-16-9-4-1-2-5-10(9)17(28)27-26-16/h1-2,4-5,8H,3,6-7H2,(H,23,26)(H,27,28)(H2,24,25,29). The molecule has 0 saturated carbocycles. The maximum atomic E-state index is 13.6. The molecule has 0 atom stereocenters. The Hall–Kier alpha value is -3.21. The van der Waals surface area contributed by atoms with E-state index in [0.29, 0.717) is 36.1 Å². The van der Waals surface area contributed by atoms with Gasteiger partial charge in [0.2, 0.25) is 0 Å². The van der Waals surface area contributed by atoms with Gasteiger partial charge in [-0.2, -0.15) is 5.10 Å². The lowest BCUT2D eigenvalue weighted by atomic mass is 10.2. The molecule has 0 aliphatic rings. The molecule has 3 rings (SSSR count). The van der Waals surface area contributed by atoms with Crippen LogP contribution < -0.4 is 21.5 Å². The van der Waals surface area contributed by atoms with Crippen LogP contribution in [0.2, 0.25) is 0 Å². The van der Waals surface area contributed by atoms with Gasteiger partial charge in [0.15, 0.2) is 34.2 Å². The van der Waals surface area contributed by atoms with E-state index >= 15 is 0 Å². The number of benzene rings is 2. The first-order valence-electron chi connectivity index (χ1n) is 8.47. The number of hydrogen-bond donors (Lipinski definition) is 4. The van der Waals surface area contributed by atoms with Gasteiger partial charge in [-0.05, 0) is 24.7 Å². The normalized spacial score (nSPS) is 10.8. The van der Waals surface area contributed by atoms with Crippen molar-refractivity contribution in [3.63, 3.8) is 0 Å². The van der Waals surface area contributed by atoms with E-state index < -0.39 is 29.0 Å². The van der Waals surface area contributed by atoms with Crippen LogP contribution in [0.15, 0.2) is 35.1 Å². The number of H-pyrrole nitrogens is 1. The molecule has 2 aromatic carbocycles. The molecule has 29 heavy (non-hydrogen) atoms. The van der Waals surface area contributed by atoms with Gasteiger partial charge in [-0.1, -0.05) is 18.2 Å². The Kier molecular flexibility index (Phi) is 6.27. The molecule has 0 saturated heterocycles. The molecular weight excluding hydrogens is 410 g/mol. The van der Waals surface area contributed by atoms with E-state index in [1.54, 1.807) is 24.3 Å². The van der Waals surface area contributed by atoms with Gasteiger partial charge in [0.05, 0.1) is 5.39 Å². The number of thiocarbonyl (C=S) groups is 1. The largest absolute Gasteiger partial charge is 0.368 e. The second-order valence-corrected chi connectivity index (χ2v) is 6.36. The lowest BCUT2D eigenvalue weighted by Gasteiger charge is -2.13. The summed E-state index contributed by atoms with van der Waals surface area (Å²) in [5, 5.41) is 15.2. The summed E-state index contributed by atoms with van der Waals surface area (Å²) in [7, 11) is 0. The zero-order valence-electron chi connectivity index (χ0n) is 14.8. The van der Waals surface area contributed by atoms with Crippen LogP contribution in [0.1, 0.15) is 6.42 Å². The summed E-state index contributed by atoms with van der Waals surface area (Å²) in [4.78, 5) is 11.7.